The van der Waals surface area contributed by atoms with Crippen LogP contribution in [0, 0.1) is 10.4 Å². The monoisotopic (exact) mass is 190 g/mol. The summed E-state index contributed by atoms with van der Waals surface area (Å²) in [6.07, 6.45) is 2.46. The minimum absolute atomic E-state index is 0.206. The number of ether oxygens (including phenoxy) is 1. The first kappa shape index (κ1) is 10.5. The van der Waals surface area contributed by atoms with Crippen LogP contribution in [0.5, 0.6) is 0 Å². The number of hydrogen-bond donors (Lipinski definition) is 0. The van der Waals surface area contributed by atoms with Crippen LogP contribution in [0.1, 0.15) is 19.8 Å². The number of carbonyl (C=O) groups is 1. The molecule has 0 aromatic carbocycles. The maximum Gasteiger partial charge on any atom is 0.310 e. The van der Waals surface area contributed by atoms with Crippen molar-refractivity contribution in [3.63, 3.8) is 0 Å². The first-order valence-corrected chi connectivity index (χ1v) is 4.68. The molecular weight excluding hydrogens is 176 g/mol. The molecule has 2 aliphatic rings. The molecule has 0 saturated carbocycles. The molecule has 2 heteroatoms. The summed E-state index contributed by atoms with van der Waals surface area (Å²) in [5.74, 6) is -0.206. The van der Waals surface area contributed by atoms with Crippen molar-refractivity contribution >= 4 is 5.97 Å². The van der Waals surface area contributed by atoms with Crippen molar-refractivity contribution in [2.45, 2.75) is 19.8 Å². The van der Waals surface area contributed by atoms with Crippen molar-refractivity contribution in [1.82, 2.24) is 0 Å². The largest absolute Gasteiger partial charge is 0.435 e. The highest BCUT2D eigenvalue weighted by Gasteiger charge is 1.94. The van der Waals surface area contributed by atoms with Crippen LogP contribution in [-0.2, 0) is 9.53 Å². The SMILES string of the molecule is C=COC(=O)CCC.c1cc2ccc1=2. The van der Waals surface area contributed by atoms with Crippen LogP contribution in [0.3, 0.4) is 0 Å². The molecule has 2 rings (SSSR count). The minimum Gasteiger partial charge on any atom is -0.435 e. The lowest BCUT2D eigenvalue weighted by Gasteiger charge is -1.95. The molecule has 0 N–H and O–H groups in total. The fourth-order valence-corrected chi connectivity index (χ4v) is 1.02. The molecule has 74 valence electrons. The summed E-state index contributed by atoms with van der Waals surface area (Å²) >= 11 is 0. The highest BCUT2D eigenvalue weighted by Crippen LogP contribution is 2.04. The fourth-order valence-electron chi connectivity index (χ4n) is 1.02. The third-order valence-corrected chi connectivity index (χ3v) is 1.89. The lowest BCUT2D eigenvalue weighted by Crippen LogP contribution is -1.96. The molecule has 0 saturated heterocycles. The molecule has 0 unspecified atom stereocenters. The summed E-state index contributed by atoms with van der Waals surface area (Å²) in [6.45, 7) is 5.16. The molecule has 0 aromatic rings. The predicted octanol–water partition coefficient (Wildman–Crippen LogP) is 2.76. The molecule has 0 amide bonds. The number of esters is 1. The molecule has 0 radical (unpaired) electrons. The molecule has 0 aliphatic heterocycles. The second-order valence-electron chi connectivity index (χ2n) is 2.98. The maximum atomic E-state index is 10.3. The highest BCUT2D eigenvalue weighted by atomic mass is 16.5. The van der Waals surface area contributed by atoms with Gasteiger partial charge in [0.05, 0.1) is 6.26 Å². The van der Waals surface area contributed by atoms with Crippen LogP contribution in [0.25, 0.3) is 0 Å². The smallest absolute Gasteiger partial charge is 0.310 e. The third-order valence-electron chi connectivity index (χ3n) is 1.89. The van der Waals surface area contributed by atoms with Crippen molar-refractivity contribution in [2.75, 3.05) is 0 Å². The van der Waals surface area contributed by atoms with Crippen LogP contribution in [-0.4, -0.2) is 5.97 Å². The van der Waals surface area contributed by atoms with E-state index in [1.54, 1.807) is 0 Å². The summed E-state index contributed by atoms with van der Waals surface area (Å²) in [7, 11) is 0. The Morgan fingerprint density at radius 3 is 2.07 bits per heavy atom. The zero-order valence-corrected chi connectivity index (χ0v) is 8.32. The zero-order valence-electron chi connectivity index (χ0n) is 8.32. The second-order valence-corrected chi connectivity index (χ2v) is 2.98. The van der Waals surface area contributed by atoms with Crippen LogP contribution in [0.4, 0.5) is 0 Å². The van der Waals surface area contributed by atoms with Gasteiger partial charge in [-0.3, -0.25) is 4.79 Å². The number of hydrogen-bond acceptors (Lipinski definition) is 2. The van der Waals surface area contributed by atoms with E-state index in [1.165, 1.54) is 10.4 Å². The van der Waals surface area contributed by atoms with Gasteiger partial charge in [-0.25, -0.2) is 0 Å². The Morgan fingerprint density at radius 1 is 1.36 bits per heavy atom. The van der Waals surface area contributed by atoms with Crippen molar-refractivity contribution < 1.29 is 9.53 Å². The fraction of sp³-hybridized carbons (Fsp3) is 0.250. The lowest BCUT2D eigenvalue weighted by molar-refractivity contribution is -0.137. The Bertz CT molecular complexity index is 356. The van der Waals surface area contributed by atoms with E-state index in [-0.39, 0.29) is 5.97 Å². The quantitative estimate of drug-likeness (QED) is 0.549. The summed E-state index contributed by atoms with van der Waals surface area (Å²) in [6, 6.07) is 8.48. The van der Waals surface area contributed by atoms with E-state index >= 15 is 0 Å². The average Bonchev–Trinajstić information content (AvgIpc) is 2.13. The molecule has 0 bridgehead atoms. The first-order valence-electron chi connectivity index (χ1n) is 4.68. The Hall–Kier alpha value is -1.57. The van der Waals surface area contributed by atoms with Gasteiger partial charge in [0.15, 0.2) is 0 Å². The van der Waals surface area contributed by atoms with Crippen molar-refractivity contribution in [3.05, 3.63) is 47.5 Å². The van der Waals surface area contributed by atoms with Gasteiger partial charge >= 0.3 is 5.97 Å². The average molecular weight is 190 g/mol. The molecule has 0 atom stereocenters. The van der Waals surface area contributed by atoms with Gasteiger partial charge in [-0.1, -0.05) is 37.8 Å². The van der Waals surface area contributed by atoms with E-state index in [4.69, 9.17) is 0 Å². The van der Waals surface area contributed by atoms with Gasteiger partial charge in [0.1, 0.15) is 0 Å². The summed E-state index contributed by atoms with van der Waals surface area (Å²) in [5.41, 5.74) is 0. The Morgan fingerprint density at radius 2 is 1.86 bits per heavy atom. The second kappa shape index (κ2) is 5.22. The van der Waals surface area contributed by atoms with Crippen LogP contribution < -0.4 is 0 Å². The standard InChI is InChI=1S/C6H10O2.C6H4/c1-3-5-6(7)8-4-2;1-2-6-4-3-5(1)6/h4H,2-3,5H2,1H3;1-4H. The van der Waals surface area contributed by atoms with E-state index in [1.807, 2.05) is 6.92 Å². The van der Waals surface area contributed by atoms with Crippen molar-refractivity contribution in [2.24, 2.45) is 0 Å². The van der Waals surface area contributed by atoms with E-state index in [0.717, 1.165) is 12.7 Å². The van der Waals surface area contributed by atoms with E-state index in [9.17, 15) is 4.79 Å². The van der Waals surface area contributed by atoms with E-state index in [2.05, 4.69) is 35.6 Å². The van der Waals surface area contributed by atoms with Gasteiger partial charge in [0.25, 0.3) is 0 Å². The number of rotatable bonds is 3. The Labute approximate surface area is 83.5 Å². The number of benzene rings is 1. The van der Waals surface area contributed by atoms with E-state index < -0.39 is 0 Å². The lowest BCUT2D eigenvalue weighted by atomic mass is 10.1. The minimum atomic E-state index is -0.206. The summed E-state index contributed by atoms with van der Waals surface area (Å²) in [4.78, 5) is 10.3. The van der Waals surface area contributed by atoms with Crippen molar-refractivity contribution in [3.8, 4) is 0 Å². The summed E-state index contributed by atoms with van der Waals surface area (Å²) < 4.78 is 4.41. The predicted molar refractivity (Wildman–Crippen MR) is 55.3 cm³/mol. The highest BCUT2D eigenvalue weighted by molar-refractivity contribution is 5.69. The normalized spacial score (nSPS) is 9.50. The topological polar surface area (TPSA) is 26.3 Å². The Balaban J connectivity index is 0.000000143. The molecule has 0 fully saturated rings. The molecule has 0 heterocycles. The van der Waals surface area contributed by atoms with E-state index in [0.29, 0.717) is 6.42 Å². The van der Waals surface area contributed by atoms with Crippen LogP contribution in [0.15, 0.2) is 37.1 Å². The van der Waals surface area contributed by atoms with Gasteiger partial charge in [-0.2, -0.15) is 0 Å². The molecule has 2 aliphatic carbocycles. The van der Waals surface area contributed by atoms with Crippen LogP contribution >= 0.6 is 0 Å². The molecule has 0 spiro atoms. The maximum absolute atomic E-state index is 10.3. The van der Waals surface area contributed by atoms with Gasteiger partial charge in [0, 0.05) is 6.42 Å². The van der Waals surface area contributed by atoms with Gasteiger partial charge in [-0.15, -0.1) is 0 Å². The third kappa shape index (κ3) is 2.73. The first-order chi connectivity index (χ1) is 6.77. The molecule has 0 aromatic heterocycles. The van der Waals surface area contributed by atoms with Gasteiger partial charge in [-0.05, 0) is 16.9 Å². The Kier molecular flexibility index (Phi) is 3.92. The number of carbonyl (C=O) groups excluding carboxylic acids is 1. The molecule has 2 nitrogen and oxygen atoms in total. The van der Waals surface area contributed by atoms with Crippen LogP contribution in [0.2, 0.25) is 0 Å². The molecular formula is C12H14O2. The molecule has 14 heavy (non-hydrogen) atoms. The van der Waals surface area contributed by atoms with Crippen molar-refractivity contribution in [1.29, 1.82) is 0 Å². The zero-order chi connectivity index (χ0) is 10.4. The van der Waals surface area contributed by atoms with Gasteiger partial charge in [0.2, 0.25) is 0 Å². The van der Waals surface area contributed by atoms with Gasteiger partial charge < -0.3 is 4.74 Å². The summed E-state index contributed by atoms with van der Waals surface area (Å²) in [5, 5.41) is 2.85.